The second-order valence-electron chi connectivity index (χ2n) is 2.25. The fraction of sp³-hybridized carbons (Fsp3) is 0.500. The van der Waals surface area contributed by atoms with Crippen molar-refractivity contribution < 1.29 is 46.3 Å². The van der Waals surface area contributed by atoms with Crippen molar-refractivity contribution in [1.29, 1.82) is 0 Å². The van der Waals surface area contributed by atoms with Gasteiger partial charge < -0.3 is 19.5 Å². The number of carboxylic acids is 1. The van der Waals surface area contributed by atoms with Crippen molar-refractivity contribution in [2.24, 2.45) is 0 Å². The Kier molecular flexibility index (Phi) is 4.95. The lowest BCUT2D eigenvalue weighted by molar-refractivity contribution is -0.161. The Balaban J connectivity index is 4.80. The number of aliphatic hydroxyl groups is 1. The largest absolute Gasteiger partial charge is 0.478 e. The molecule has 0 aromatic heterocycles. The van der Waals surface area contributed by atoms with Gasteiger partial charge in [0.25, 0.3) is 10.9 Å². The third-order valence-corrected chi connectivity index (χ3v) is 2.51. The van der Waals surface area contributed by atoms with Crippen LogP contribution < -0.4 is 0 Å². The molecule has 0 radical (unpaired) electrons. The summed E-state index contributed by atoms with van der Waals surface area (Å²) in [4.78, 5) is 20.9. The van der Waals surface area contributed by atoms with E-state index in [2.05, 4.69) is 4.74 Å². The van der Waals surface area contributed by atoms with E-state index in [0.717, 1.165) is 0 Å². The molecular formula is C4H6O10S2. The number of carbonyl (C=O) groups excluding carboxylic acids is 1. The number of carbonyl (C=O) groups is 2. The van der Waals surface area contributed by atoms with Gasteiger partial charge in [-0.1, -0.05) is 0 Å². The molecule has 0 bridgehead atoms. The molecule has 0 saturated heterocycles. The lowest BCUT2D eigenvalue weighted by Gasteiger charge is -2.11. The molecule has 0 aromatic rings. The van der Waals surface area contributed by atoms with Crippen molar-refractivity contribution >= 4 is 33.1 Å². The van der Waals surface area contributed by atoms with Gasteiger partial charge in [0, 0.05) is 0 Å². The highest BCUT2D eigenvalue weighted by Crippen LogP contribution is 2.03. The van der Waals surface area contributed by atoms with Crippen LogP contribution in [0.25, 0.3) is 0 Å². The van der Waals surface area contributed by atoms with Crippen LogP contribution in [0.1, 0.15) is 0 Å². The minimum absolute atomic E-state index is 2.03. The molecule has 0 aromatic carbocycles. The summed E-state index contributed by atoms with van der Waals surface area (Å²) in [6.45, 7) is 0. The monoisotopic (exact) mass is 278 g/mol. The Morgan fingerprint density at radius 3 is 2.00 bits per heavy atom. The number of carboxylic acid groups (broad SMARTS) is 1. The Morgan fingerprint density at radius 1 is 1.31 bits per heavy atom. The Hall–Kier alpha value is -1.08. The van der Waals surface area contributed by atoms with Crippen LogP contribution in [-0.2, 0) is 35.5 Å². The molecule has 0 spiro atoms. The van der Waals surface area contributed by atoms with Gasteiger partial charge in [-0.15, -0.1) is 0 Å². The smallest absolute Gasteiger partial charge is 0.360 e. The van der Waals surface area contributed by atoms with Crippen LogP contribution in [-0.4, -0.2) is 54.8 Å². The number of aliphatic carboxylic acids is 1. The summed E-state index contributed by atoms with van der Waals surface area (Å²) < 4.78 is 50.9. The molecule has 0 aliphatic carbocycles. The molecule has 0 aliphatic rings. The number of rotatable bonds is 5. The van der Waals surface area contributed by atoms with Gasteiger partial charge in [0.2, 0.25) is 11.1 Å². The zero-order valence-electron chi connectivity index (χ0n) is 7.21. The number of esters is 1. The van der Waals surface area contributed by atoms with Gasteiger partial charge in [0.05, 0.1) is 0 Å². The van der Waals surface area contributed by atoms with Crippen LogP contribution in [0.4, 0.5) is 0 Å². The van der Waals surface area contributed by atoms with E-state index in [0.29, 0.717) is 0 Å². The van der Waals surface area contributed by atoms with E-state index in [9.17, 15) is 22.2 Å². The van der Waals surface area contributed by atoms with Crippen LogP contribution in [0, 0.1) is 0 Å². The van der Waals surface area contributed by atoms with Crippen molar-refractivity contribution in [2.45, 2.75) is 10.9 Å². The summed E-state index contributed by atoms with van der Waals surface area (Å²) in [5, 5.41) is 16.8. The predicted octanol–water partition coefficient (Wildman–Crippen LogP) is -2.63. The van der Waals surface area contributed by atoms with E-state index in [4.69, 9.17) is 19.3 Å². The van der Waals surface area contributed by atoms with E-state index in [1.165, 1.54) is 0 Å². The maximum absolute atomic E-state index is 10.7. The summed E-state index contributed by atoms with van der Waals surface area (Å²) in [5.74, 6) is -4.12. The Labute approximate surface area is 90.9 Å². The highest BCUT2D eigenvalue weighted by Gasteiger charge is 2.36. The van der Waals surface area contributed by atoms with E-state index in [1.54, 1.807) is 0 Å². The highest BCUT2D eigenvalue weighted by molar-refractivity contribution is 7.87. The molecule has 0 rings (SSSR count). The molecule has 10 nitrogen and oxygen atoms in total. The standard InChI is InChI=1S/C4H6O10S2/c5-1(6)4(15(9)10)14-2(7)3(8)16(11,12)13/h3-4,8H,(H,5,6)(H,9,10)(H,11,12,13). The first-order valence-electron chi connectivity index (χ1n) is 3.24. The first kappa shape index (κ1) is 14.9. The minimum atomic E-state index is -5.19. The molecule has 3 atom stereocenters. The Bertz CT molecular complexity index is 395. The second-order valence-corrected chi connectivity index (χ2v) is 4.71. The number of hydrogen-bond acceptors (Lipinski definition) is 7. The van der Waals surface area contributed by atoms with Crippen molar-refractivity contribution in [3.05, 3.63) is 0 Å². The molecular weight excluding hydrogens is 272 g/mol. The lowest BCUT2D eigenvalue weighted by atomic mass is 10.7. The predicted molar refractivity (Wildman–Crippen MR) is 45.8 cm³/mol. The molecule has 4 N–H and O–H groups in total. The van der Waals surface area contributed by atoms with Crippen LogP contribution in [0.2, 0.25) is 0 Å². The molecule has 12 heteroatoms. The average Bonchev–Trinajstić information content (AvgIpc) is 2.09. The average molecular weight is 278 g/mol. The van der Waals surface area contributed by atoms with Crippen molar-refractivity contribution in [2.75, 3.05) is 0 Å². The van der Waals surface area contributed by atoms with Gasteiger partial charge >= 0.3 is 22.1 Å². The van der Waals surface area contributed by atoms with Gasteiger partial charge in [0.1, 0.15) is 0 Å². The van der Waals surface area contributed by atoms with Crippen LogP contribution in [0.15, 0.2) is 0 Å². The van der Waals surface area contributed by atoms with E-state index in [-0.39, 0.29) is 0 Å². The number of hydrogen-bond donors (Lipinski definition) is 4. The summed E-state index contributed by atoms with van der Waals surface area (Å²) >= 11 is -3.13. The maximum atomic E-state index is 10.7. The summed E-state index contributed by atoms with van der Waals surface area (Å²) in [7, 11) is -5.19. The highest BCUT2D eigenvalue weighted by atomic mass is 32.2. The molecule has 0 aliphatic heterocycles. The van der Waals surface area contributed by atoms with Gasteiger partial charge in [0.15, 0.2) is 0 Å². The maximum Gasteiger partial charge on any atom is 0.360 e. The molecule has 0 amide bonds. The van der Waals surface area contributed by atoms with Crippen molar-refractivity contribution in [3.8, 4) is 0 Å². The Morgan fingerprint density at radius 2 is 1.75 bits per heavy atom. The zero-order chi connectivity index (χ0) is 13.1. The zero-order valence-corrected chi connectivity index (χ0v) is 8.84. The molecule has 0 fully saturated rings. The molecule has 3 unspecified atom stereocenters. The third-order valence-electron chi connectivity index (χ3n) is 1.09. The quantitative estimate of drug-likeness (QED) is 0.236. The first-order chi connectivity index (χ1) is 7.07. The normalized spacial score (nSPS) is 17.2. The fourth-order valence-electron chi connectivity index (χ4n) is 0.463. The molecule has 0 heterocycles. The van der Waals surface area contributed by atoms with Gasteiger partial charge in [-0.3, -0.25) is 4.55 Å². The van der Waals surface area contributed by atoms with Gasteiger partial charge in [-0.2, -0.15) is 8.42 Å². The number of ether oxygens (including phenoxy) is 1. The molecule has 16 heavy (non-hydrogen) atoms. The number of aliphatic hydroxyl groups excluding tert-OH is 1. The molecule has 0 saturated carbocycles. The van der Waals surface area contributed by atoms with E-state index >= 15 is 0 Å². The first-order valence-corrected chi connectivity index (χ1v) is 5.92. The van der Waals surface area contributed by atoms with Crippen LogP contribution >= 0.6 is 0 Å². The van der Waals surface area contributed by atoms with Crippen LogP contribution in [0.5, 0.6) is 0 Å². The fourth-order valence-corrected chi connectivity index (χ4v) is 1.11. The minimum Gasteiger partial charge on any atom is -0.478 e. The summed E-state index contributed by atoms with van der Waals surface area (Å²) in [6, 6.07) is 0. The van der Waals surface area contributed by atoms with E-state index in [1.807, 2.05) is 0 Å². The van der Waals surface area contributed by atoms with Gasteiger partial charge in [-0.05, 0) is 0 Å². The summed E-state index contributed by atoms with van der Waals surface area (Å²) in [5.41, 5.74) is -5.61. The third kappa shape index (κ3) is 4.19. The van der Waals surface area contributed by atoms with Gasteiger partial charge in [-0.25, -0.2) is 13.8 Å². The van der Waals surface area contributed by atoms with Crippen molar-refractivity contribution in [3.63, 3.8) is 0 Å². The summed E-state index contributed by atoms with van der Waals surface area (Å²) in [6.07, 6.45) is 0. The lowest BCUT2D eigenvalue weighted by Crippen LogP contribution is -2.38. The SMILES string of the molecule is O=C(O)C(OC(=O)C(O)S(=O)(=O)O)S(=O)O. The van der Waals surface area contributed by atoms with Crippen molar-refractivity contribution in [1.82, 2.24) is 0 Å². The van der Waals surface area contributed by atoms with E-state index < -0.39 is 44.0 Å². The topological polar surface area (TPSA) is 175 Å². The van der Waals surface area contributed by atoms with Crippen LogP contribution in [0.3, 0.4) is 0 Å². The molecule has 94 valence electrons. The second kappa shape index (κ2) is 5.31.